The van der Waals surface area contributed by atoms with Gasteiger partial charge >= 0.3 is 5.97 Å². The largest absolute Gasteiger partial charge is 0.468 e. The Bertz CT molecular complexity index is 1380. The van der Waals surface area contributed by atoms with E-state index in [9.17, 15) is 4.79 Å². The molecule has 0 bridgehead atoms. The Morgan fingerprint density at radius 2 is 1.68 bits per heavy atom. The number of hydrogen-bond donors (Lipinski definition) is 0. The van der Waals surface area contributed by atoms with Gasteiger partial charge in [0.2, 0.25) is 0 Å². The number of esters is 1. The lowest BCUT2D eigenvalue weighted by atomic mass is 10.0. The first-order chi connectivity index (χ1) is 18.2. The van der Waals surface area contributed by atoms with Crippen LogP contribution in [0.25, 0.3) is 33.4 Å². The Balaban J connectivity index is 1.68. The van der Waals surface area contributed by atoms with Gasteiger partial charge in [-0.15, -0.1) is 0 Å². The normalized spacial score (nSPS) is 12.6. The number of aromatic nitrogens is 2. The van der Waals surface area contributed by atoms with Crippen LogP contribution in [0.1, 0.15) is 13.3 Å². The number of nitrogens with zero attached hydrogens (tertiary/aromatic N) is 2. The van der Waals surface area contributed by atoms with Crippen LogP contribution in [0.4, 0.5) is 0 Å². The molecule has 2 aromatic heterocycles. The fourth-order valence-corrected chi connectivity index (χ4v) is 6.24. The third kappa shape index (κ3) is 6.89. The summed E-state index contributed by atoms with van der Waals surface area (Å²) in [7, 11) is 0.216. The van der Waals surface area contributed by atoms with Gasteiger partial charge in [0.05, 0.1) is 33.9 Å². The van der Waals surface area contributed by atoms with Gasteiger partial charge in [-0.2, -0.15) is 0 Å². The van der Waals surface area contributed by atoms with Gasteiger partial charge in [-0.3, -0.25) is 4.79 Å². The number of methoxy groups -OCH3 is 1. The molecule has 0 spiro atoms. The first kappa shape index (κ1) is 28.4. The van der Waals surface area contributed by atoms with Crippen molar-refractivity contribution in [1.82, 2.24) is 9.55 Å². The number of carbonyl (C=O) groups excluding carboxylic acids is 1. The maximum Gasteiger partial charge on any atom is 0.319 e. The molecule has 0 radical (unpaired) electrons. The monoisotopic (exact) mass is 566 g/mol. The van der Waals surface area contributed by atoms with Crippen LogP contribution in [0.2, 0.25) is 30.7 Å². The lowest BCUT2D eigenvalue weighted by molar-refractivity contribution is -0.140. The summed E-state index contributed by atoms with van der Waals surface area (Å²) in [6, 6.07) is 23.6. The van der Waals surface area contributed by atoms with Crippen LogP contribution in [-0.4, -0.2) is 42.6 Å². The number of thioether (sulfide) groups is 1. The van der Waals surface area contributed by atoms with E-state index in [1.165, 1.54) is 18.9 Å². The second-order valence-corrected chi connectivity index (χ2v) is 17.7. The molecule has 4 rings (SSSR count). The molecule has 1 atom stereocenters. The standard InChI is InChI=1S/C30H35ClN2O3SSi/c1-6-27(30(34)35-2)37-28-19-25-26(33(28)20-36-16-17-38(3,4)5)18-24(31)29(32-25)23-14-12-22(13-15-23)21-10-8-7-9-11-21/h7-15,18-19,27H,6,16-17,20H2,1-5H3. The zero-order valence-electron chi connectivity index (χ0n) is 22.7. The molecule has 0 fully saturated rings. The van der Waals surface area contributed by atoms with E-state index in [-0.39, 0.29) is 11.2 Å². The predicted octanol–water partition coefficient (Wildman–Crippen LogP) is 8.38. The molecule has 2 heterocycles. The van der Waals surface area contributed by atoms with Crippen molar-refractivity contribution in [3.05, 3.63) is 71.8 Å². The van der Waals surface area contributed by atoms with Crippen LogP contribution >= 0.6 is 23.4 Å². The van der Waals surface area contributed by atoms with Crippen molar-refractivity contribution in [2.45, 2.75) is 56.0 Å². The minimum Gasteiger partial charge on any atom is -0.468 e. The summed E-state index contributed by atoms with van der Waals surface area (Å²) in [5.41, 5.74) is 5.68. The lowest BCUT2D eigenvalue weighted by Gasteiger charge is -2.18. The van der Waals surface area contributed by atoms with Gasteiger partial charge in [0, 0.05) is 20.2 Å². The van der Waals surface area contributed by atoms with Gasteiger partial charge in [-0.05, 0) is 35.7 Å². The van der Waals surface area contributed by atoms with Crippen molar-refractivity contribution in [2.24, 2.45) is 0 Å². The van der Waals surface area contributed by atoms with E-state index in [1.807, 2.05) is 37.3 Å². The molecule has 0 saturated heterocycles. The molecule has 4 aromatic rings. The lowest BCUT2D eigenvalue weighted by Crippen LogP contribution is -2.22. The van der Waals surface area contributed by atoms with Crippen molar-refractivity contribution >= 4 is 48.4 Å². The van der Waals surface area contributed by atoms with Gasteiger partial charge < -0.3 is 14.0 Å². The van der Waals surface area contributed by atoms with Crippen LogP contribution in [0.3, 0.4) is 0 Å². The van der Waals surface area contributed by atoms with Gasteiger partial charge in [0.25, 0.3) is 0 Å². The van der Waals surface area contributed by atoms with E-state index < -0.39 is 8.07 Å². The predicted molar refractivity (Wildman–Crippen MR) is 162 cm³/mol. The molecule has 0 aliphatic carbocycles. The zero-order chi connectivity index (χ0) is 27.3. The third-order valence-corrected chi connectivity index (χ3v) is 9.76. The minimum absolute atomic E-state index is 0.237. The number of hydrogen-bond acceptors (Lipinski definition) is 5. The molecule has 0 saturated carbocycles. The highest BCUT2D eigenvalue weighted by Crippen LogP contribution is 2.36. The molecular weight excluding hydrogens is 532 g/mol. The van der Waals surface area contributed by atoms with E-state index >= 15 is 0 Å². The molecule has 0 amide bonds. The van der Waals surface area contributed by atoms with Crippen molar-refractivity contribution < 1.29 is 14.3 Å². The topological polar surface area (TPSA) is 53.4 Å². The fraction of sp³-hybridized carbons (Fsp3) is 0.333. The van der Waals surface area contributed by atoms with E-state index in [1.54, 1.807) is 0 Å². The summed E-state index contributed by atoms with van der Waals surface area (Å²) in [6.07, 6.45) is 0.655. The second-order valence-electron chi connectivity index (χ2n) is 10.5. The molecule has 200 valence electrons. The van der Waals surface area contributed by atoms with Crippen LogP contribution in [-0.2, 0) is 21.0 Å². The first-order valence-electron chi connectivity index (χ1n) is 12.9. The first-order valence-corrected chi connectivity index (χ1v) is 17.8. The third-order valence-electron chi connectivity index (χ3n) is 6.38. The average molecular weight is 567 g/mol. The van der Waals surface area contributed by atoms with E-state index in [4.69, 9.17) is 26.1 Å². The quantitative estimate of drug-likeness (QED) is 0.0789. The number of pyridine rings is 1. The highest BCUT2D eigenvalue weighted by molar-refractivity contribution is 8.00. The van der Waals surface area contributed by atoms with E-state index in [0.29, 0.717) is 24.8 Å². The van der Waals surface area contributed by atoms with E-state index in [2.05, 4.69) is 60.6 Å². The molecule has 2 aromatic carbocycles. The Morgan fingerprint density at radius 3 is 2.32 bits per heavy atom. The summed E-state index contributed by atoms with van der Waals surface area (Å²) >= 11 is 8.29. The van der Waals surface area contributed by atoms with Crippen molar-refractivity contribution in [3.63, 3.8) is 0 Å². The number of rotatable bonds is 11. The number of ether oxygens (including phenoxy) is 2. The smallest absolute Gasteiger partial charge is 0.319 e. The summed E-state index contributed by atoms with van der Waals surface area (Å²) < 4.78 is 13.2. The molecule has 0 N–H and O–H groups in total. The molecule has 5 nitrogen and oxygen atoms in total. The van der Waals surface area contributed by atoms with Crippen molar-refractivity contribution in [3.8, 4) is 22.4 Å². The number of fused-ring (bicyclic) bond motifs is 1. The summed E-state index contributed by atoms with van der Waals surface area (Å²) in [6.45, 7) is 10.1. The fourth-order valence-electron chi connectivity index (χ4n) is 4.12. The van der Waals surface area contributed by atoms with Crippen LogP contribution in [0.15, 0.2) is 71.8 Å². The molecule has 8 heteroatoms. The van der Waals surface area contributed by atoms with Crippen LogP contribution in [0.5, 0.6) is 0 Å². The second kappa shape index (κ2) is 12.5. The average Bonchev–Trinajstić information content (AvgIpc) is 3.24. The Labute approximate surface area is 235 Å². The van der Waals surface area contributed by atoms with Gasteiger partial charge in [-0.1, -0.05) is 105 Å². The molecular formula is C30H35ClN2O3SSi. The number of benzene rings is 2. The van der Waals surface area contributed by atoms with Crippen LogP contribution < -0.4 is 0 Å². The zero-order valence-corrected chi connectivity index (χ0v) is 25.2. The maximum absolute atomic E-state index is 12.4. The molecule has 1 unspecified atom stereocenters. The van der Waals surface area contributed by atoms with Gasteiger partial charge in [0.15, 0.2) is 0 Å². The summed E-state index contributed by atoms with van der Waals surface area (Å²) in [5.74, 6) is -0.237. The number of carbonyl (C=O) groups is 1. The highest BCUT2D eigenvalue weighted by Gasteiger charge is 2.23. The molecule has 38 heavy (non-hydrogen) atoms. The van der Waals surface area contributed by atoms with Crippen molar-refractivity contribution in [2.75, 3.05) is 13.7 Å². The van der Waals surface area contributed by atoms with Crippen molar-refractivity contribution in [1.29, 1.82) is 0 Å². The summed E-state index contributed by atoms with van der Waals surface area (Å²) in [5, 5.41) is 1.17. The maximum atomic E-state index is 12.4. The Kier molecular flexibility index (Phi) is 9.36. The minimum atomic E-state index is -1.21. The summed E-state index contributed by atoms with van der Waals surface area (Å²) in [4.78, 5) is 17.3. The molecule has 0 aliphatic heterocycles. The Morgan fingerprint density at radius 1 is 1.03 bits per heavy atom. The van der Waals surface area contributed by atoms with Gasteiger partial charge in [-0.25, -0.2) is 4.98 Å². The van der Waals surface area contributed by atoms with E-state index in [0.717, 1.165) is 44.5 Å². The van der Waals surface area contributed by atoms with Crippen LogP contribution in [0, 0.1) is 0 Å². The Hall–Kier alpha value is -2.58. The molecule has 0 aliphatic rings. The highest BCUT2D eigenvalue weighted by atomic mass is 35.5. The van der Waals surface area contributed by atoms with Gasteiger partial charge in [0.1, 0.15) is 12.0 Å². The SMILES string of the molecule is CCC(Sc1cc2nc(-c3ccc(-c4ccccc4)cc3)c(Cl)cc2n1COCC[Si](C)(C)C)C(=O)OC. The number of halogens is 1.